The van der Waals surface area contributed by atoms with Crippen LogP contribution in [0.15, 0.2) is 6.20 Å². The fraction of sp³-hybridized carbons (Fsp3) is 0.500. The molecule has 0 aliphatic heterocycles. The molecule has 1 N–H and O–H groups in total. The normalized spacial score (nSPS) is 8.25. The summed E-state index contributed by atoms with van der Waals surface area (Å²) in [5.41, 5.74) is 0. The molecule has 0 aliphatic carbocycles. The Kier molecular flexibility index (Phi) is 6.28. The average Bonchev–Trinajstić information content (AvgIpc) is 2.38. The van der Waals surface area contributed by atoms with Crippen LogP contribution in [0, 0.1) is 13.8 Å². The van der Waals surface area contributed by atoms with Crippen molar-refractivity contribution in [2.24, 2.45) is 0 Å². The molecule has 0 saturated carbocycles. The highest BCUT2D eigenvalue weighted by atomic mass is 32.1. The zero-order valence-corrected chi connectivity index (χ0v) is 8.44. The van der Waals surface area contributed by atoms with E-state index in [0.717, 1.165) is 11.6 Å². The molecule has 0 aliphatic rings. The Hall–Kier alpha value is -0.900. The Morgan fingerprint density at radius 2 is 2.33 bits per heavy atom. The summed E-state index contributed by atoms with van der Waals surface area (Å²) < 4.78 is 0. The van der Waals surface area contributed by atoms with Gasteiger partial charge in [-0.05, 0) is 20.8 Å². The lowest BCUT2D eigenvalue weighted by molar-refractivity contribution is -0.109. The van der Waals surface area contributed by atoms with E-state index in [1.807, 2.05) is 20.0 Å². The molecule has 1 rings (SSSR count). The number of hydrogen-bond donors (Lipinski definition) is 1. The zero-order valence-electron chi connectivity index (χ0n) is 7.63. The summed E-state index contributed by atoms with van der Waals surface area (Å²) in [6.07, 6.45) is 2.57. The first kappa shape index (κ1) is 11.1. The van der Waals surface area contributed by atoms with E-state index in [9.17, 15) is 4.79 Å². The third-order valence-corrected chi connectivity index (χ3v) is 1.85. The number of nitrogens with zero attached hydrogens (tertiary/aromatic N) is 1. The number of carbonyl (C=O) groups excluding carboxylic acids is 1. The van der Waals surface area contributed by atoms with Gasteiger partial charge < -0.3 is 5.32 Å². The Morgan fingerprint density at radius 1 is 1.67 bits per heavy atom. The van der Waals surface area contributed by atoms with Crippen molar-refractivity contribution in [3.63, 3.8) is 0 Å². The molecule has 4 heteroatoms. The Balaban J connectivity index is 0.000000217. The quantitative estimate of drug-likeness (QED) is 0.711. The van der Waals surface area contributed by atoms with Gasteiger partial charge in [0.2, 0.25) is 6.41 Å². The van der Waals surface area contributed by atoms with E-state index in [0.29, 0.717) is 6.41 Å². The van der Waals surface area contributed by atoms with Crippen molar-refractivity contribution < 1.29 is 4.79 Å². The summed E-state index contributed by atoms with van der Waals surface area (Å²) in [4.78, 5) is 14.6. The van der Waals surface area contributed by atoms with E-state index in [1.165, 1.54) is 4.88 Å². The molecule has 3 nitrogen and oxygen atoms in total. The first-order valence-corrected chi connectivity index (χ1v) is 4.58. The molecule has 0 atom stereocenters. The van der Waals surface area contributed by atoms with Gasteiger partial charge in [0.15, 0.2) is 0 Å². The molecule has 0 bridgehead atoms. The summed E-state index contributed by atoms with van der Waals surface area (Å²) in [5.74, 6) is 0. The largest absolute Gasteiger partial charge is 0.359 e. The second-order valence-electron chi connectivity index (χ2n) is 2.17. The van der Waals surface area contributed by atoms with Gasteiger partial charge in [0.1, 0.15) is 0 Å². The minimum Gasteiger partial charge on any atom is -0.359 e. The van der Waals surface area contributed by atoms with Crippen LogP contribution in [0.3, 0.4) is 0 Å². The van der Waals surface area contributed by atoms with Gasteiger partial charge in [-0.3, -0.25) is 4.79 Å². The van der Waals surface area contributed by atoms with Crippen LogP contribution in [-0.4, -0.2) is 17.9 Å². The van der Waals surface area contributed by atoms with Crippen LogP contribution in [0.5, 0.6) is 0 Å². The highest BCUT2D eigenvalue weighted by Gasteiger charge is 1.86. The second-order valence-corrected chi connectivity index (χ2v) is 3.60. The first-order chi connectivity index (χ1) is 5.70. The molecule has 68 valence electrons. The number of carbonyl (C=O) groups is 1. The number of hydrogen-bond acceptors (Lipinski definition) is 3. The summed E-state index contributed by atoms with van der Waals surface area (Å²) in [6.45, 7) is 6.67. The fourth-order valence-electron chi connectivity index (χ4n) is 0.551. The van der Waals surface area contributed by atoms with Crippen molar-refractivity contribution in [2.45, 2.75) is 20.8 Å². The standard InChI is InChI=1S/C5H7NS.C3H7NO/c1-4-3-6-5(2)7-4;1-2-4-3-5/h3H,1-2H3;3H,2H2,1H3,(H,4,5). The molecule has 0 aromatic carbocycles. The molecule has 12 heavy (non-hydrogen) atoms. The molecule has 1 aromatic heterocycles. The van der Waals surface area contributed by atoms with Gasteiger partial charge in [-0.2, -0.15) is 0 Å². The number of rotatable bonds is 2. The van der Waals surface area contributed by atoms with Gasteiger partial charge in [0, 0.05) is 17.6 Å². The molecule has 0 spiro atoms. The lowest BCUT2D eigenvalue weighted by atomic mass is 10.6. The van der Waals surface area contributed by atoms with Crippen LogP contribution in [0.4, 0.5) is 0 Å². The molecule has 0 fully saturated rings. The lowest BCUT2D eigenvalue weighted by Gasteiger charge is -1.78. The van der Waals surface area contributed by atoms with Crippen molar-refractivity contribution in [2.75, 3.05) is 6.54 Å². The van der Waals surface area contributed by atoms with Crippen LogP contribution >= 0.6 is 11.3 Å². The van der Waals surface area contributed by atoms with Gasteiger partial charge in [0.25, 0.3) is 0 Å². The minimum atomic E-state index is 0.681. The third kappa shape index (κ3) is 5.85. The summed E-state index contributed by atoms with van der Waals surface area (Å²) in [5, 5.41) is 3.58. The van der Waals surface area contributed by atoms with Gasteiger partial charge in [-0.15, -0.1) is 11.3 Å². The van der Waals surface area contributed by atoms with E-state index in [4.69, 9.17) is 0 Å². The monoisotopic (exact) mass is 186 g/mol. The minimum absolute atomic E-state index is 0.681. The number of nitrogens with one attached hydrogen (secondary N) is 1. The maximum atomic E-state index is 9.29. The molecular weight excluding hydrogens is 172 g/mol. The molecule has 0 radical (unpaired) electrons. The Labute approximate surface area is 76.8 Å². The van der Waals surface area contributed by atoms with E-state index < -0.39 is 0 Å². The van der Waals surface area contributed by atoms with Gasteiger partial charge in [-0.1, -0.05) is 0 Å². The molecule has 1 heterocycles. The van der Waals surface area contributed by atoms with Crippen molar-refractivity contribution in [1.29, 1.82) is 0 Å². The highest BCUT2D eigenvalue weighted by molar-refractivity contribution is 7.11. The number of thiazole rings is 1. The molecule has 1 amide bonds. The highest BCUT2D eigenvalue weighted by Crippen LogP contribution is 2.07. The maximum absolute atomic E-state index is 9.29. The van der Waals surface area contributed by atoms with E-state index in [1.54, 1.807) is 11.3 Å². The predicted molar refractivity (Wildman–Crippen MR) is 51.3 cm³/mol. The first-order valence-electron chi connectivity index (χ1n) is 3.76. The SMILES string of the molecule is CCNC=O.Cc1cnc(C)s1. The van der Waals surface area contributed by atoms with Crippen molar-refractivity contribution in [3.05, 3.63) is 16.1 Å². The number of aryl methyl sites for hydroxylation is 2. The summed E-state index contributed by atoms with van der Waals surface area (Å²) in [6, 6.07) is 0. The van der Waals surface area contributed by atoms with Crippen LogP contribution in [0.25, 0.3) is 0 Å². The number of aromatic nitrogens is 1. The topological polar surface area (TPSA) is 42.0 Å². The lowest BCUT2D eigenvalue weighted by Crippen LogP contribution is -2.07. The molecular formula is C8H14N2OS. The van der Waals surface area contributed by atoms with Gasteiger partial charge in [0.05, 0.1) is 5.01 Å². The zero-order chi connectivity index (χ0) is 9.40. The fourth-order valence-corrected chi connectivity index (χ4v) is 1.23. The van der Waals surface area contributed by atoms with Gasteiger partial charge >= 0.3 is 0 Å². The molecule has 0 unspecified atom stereocenters. The molecule has 0 saturated heterocycles. The summed E-state index contributed by atoms with van der Waals surface area (Å²) >= 11 is 1.73. The smallest absolute Gasteiger partial charge is 0.207 e. The third-order valence-electron chi connectivity index (χ3n) is 1.02. The van der Waals surface area contributed by atoms with E-state index in [2.05, 4.69) is 17.2 Å². The average molecular weight is 186 g/mol. The van der Waals surface area contributed by atoms with Crippen LogP contribution in [-0.2, 0) is 4.79 Å². The maximum Gasteiger partial charge on any atom is 0.207 e. The van der Waals surface area contributed by atoms with Crippen molar-refractivity contribution in [3.8, 4) is 0 Å². The van der Waals surface area contributed by atoms with Crippen LogP contribution < -0.4 is 5.32 Å². The summed E-state index contributed by atoms with van der Waals surface area (Å²) in [7, 11) is 0. The van der Waals surface area contributed by atoms with Crippen LogP contribution in [0.2, 0.25) is 0 Å². The van der Waals surface area contributed by atoms with E-state index in [-0.39, 0.29) is 0 Å². The van der Waals surface area contributed by atoms with Crippen molar-refractivity contribution in [1.82, 2.24) is 10.3 Å². The molecule has 1 aromatic rings. The Bertz CT molecular complexity index is 206. The van der Waals surface area contributed by atoms with E-state index >= 15 is 0 Å². The number of amides is 1. The van der Waals surface area contributed by atoms with Gasteiger partial charge in [-0.25, -0.2) is 4.98 Å². The predicted octanol–water partition coefficient (Wildman–Crippen LogP) is 1.51. The second kappa shape index (κ2) is 6.79. The van der Waals surface area contributed by atoms with Crippen LogP contribution in [0.1, 0.15) is 16.8 Å². The van der Waals surface area contributed by atoms with Crippen molar-refractivity contribution >= 4 is 17.7 Å². The Morgan fingerprint density at radius 3 is 2.42 bits per heavy atom.